The summed E-state index contributed by atoms with van der Waals surface area (Å²) in [7, 11) is 5.30. The molecule has 3 heterocycles. The summed E-state index contributed by atoms with van der Waals surface area (Å²) in [5.41, 5.74) is 1.95. The number of hydrogen-bond donors (Lipinski definition) is 1. The van der Waals surface area contributed by atoms with Crippen molar-refractivity contribution in [1.82, 2.24) is 14.9 Å². The SMILES string of the molecule is COc1ccc(NC(=O)CSc2nc(SC)nc3sc4c(c23)CCN(C)C4)c(OC)c1. The van der Waals surface area contributed by atoms with Crippen molar-refractivity contribution < 1.29 is 14.3 Å². The van der Waals surface area contributed by atoms with Crippen LogP contribution in [0.5, 0.6) is 11.5 Å². The van der Waals surface area contributed by atoms with Gasteiger partial charge in [0.05, 0.1) is 25.7 Å². The van der Waals surface area contributed by atoms with Crippen molar-refractivity contribution in [2.75, 3.05) is 45.1 Å². The predicted octanol–water partition coefficient (Wildman–Crippen LogP) is 4.15. The molecule has 0 radical (unpaired) electrons. The fraction of sp³-hybridized carbons (Fsp3) is 0.381. The zero-order valence-corrected chi connectivity index (χ0v) is 20.3. The van der Waals surface area contributed by atoms with Crippen molar-refractivity contribution >= 4 is 56.7 Å². The maximum absolute atomic E-state index is 12.7. The minimum absolute atomic E-state index is 0.116. The summed E-state index contributed by atoms with van der Waals surface area (Å²) in [5, 5.41) is 5.66. The number of thioether (sulfide) groups is 2. The minimum atomic E-state index is -0.116. The topological polar surface area (TPSA) is 76.6 Å². The van der Waals surface area contributed by atoms with Crippen molar-refractivity contribution in [3.8, 4) is 11.5 Å². The van der Waals surface area contributed by atoms with Crippen LogP contribution in [0.1, 0.15) is 10.4 Å². The molecular weight excluding hydrogens is 452 g/mol. The number of methoxy groups -OCH3 is 2. The second-order valence-electron chi connectivity index (χ2n) is 7.09. The van der Waals surface area contributed by atoms with Gasteiger partial charge in [-0.15, -0.1) is 11.3 Å². The smallest absolute Gasteiger partial charge is 0.234 e. The molecule has 0 aliphatic carbocycles. The Morgan fingerprint density at radius 2 is 2.13 bits per heavy atom. The number of fused-ring (bicyclic) bond motifs is 3. The molecule has 164 valence electrons. The number of rotatable bonds is 7. The molecule has 1 aromatic carbocycles. The molecule has 31 heavy (non-hydrogen) atoms. The molecule has 1 aliphatic heterocycles. The van der Waals surface area contributed by atoms with E-state index in [4.69, 9.17) is 19.4 Å². The number of hydrogen-bond acceptors (Lipinski definition) is 9. The molecule has 0 saturated heterocycles. The molecule has 1 aliphatic rings. The molecular formula is C21H24N4O3S3. The van der Waals surface area contributed by atoms with Crippen molar-refractivity contribution in [1.29, 1.82) is 0 Å². The third-order valence-electron chi connectivity index (χ3n) is 5.04. The number of ether oxygens (including phenoxy) is 2. The number of nitrogens with zero attached hydrogens (tertiary/aromatic N) is 3. The van der Waals surface area contributed by atoms with Crippen molar-refractivity contribution in [3.05, 3.63) is 28.6 Å². The average molecular weight is 477 g/mol. The number of carbonyl (C=O) groups is 1. The van der Waals surface area contributed by atoms with Crippen LogP contribution in [-0.2, 0) is 17.8 Å². The third-order valence-corrected chi connectivity index (χ3v) is 7.68. The number of aromatic nitrogens is 2. The van der Waals surface area contributed by atoms with Gasteiger partial charge in [-0.05, 0) is 37.4 Å². The van der Waals surface area contributed by atoms with Crippen LogP contribution < -0.4 is 14.8 Å². The first-order chi connectivity index (χ1) is 15.0. The zero-order chi connectivity index (χ0) is 22.0. The van der Waals surface area contributed by atoms with Crippen LogP contribution in [0.25, 0.3) is 10.2 Å². The van der Waals surface area contributed by atoms with Gasteiger partial charge >= 0.3 is 0 Å². The van der Waals surface area contributed by atoms with E-state index in [2.05, 4.69) is 17.3 Å². The molecule has 7 nitrogen and oxygen atoms in total. The Bertz CT molecular complexity index is 1120. The number of thiophene rings is 1. The molecule has 0 fully saturated rings. The summed E-state index contributed by atoms with van der Waals surface area (Å²) in [4.78, 5) is 26.9. The summed E-state index contributed by atoms with van der Waals surface area (Å²) in [6, 6.07) is 5.31. The van der Waals surface area contributed by atoms with E-state index in [0.29, 0.717) is 17.2 Å². The number of anilines is 1. The van der Waals surface area contributed by atoms with E-state index in [1.54, 1.807) is 43.8 Å². The van der Waals surface area contributed by atoms with Gasteiger partial charge in [0.2, 0.25) is 5.91 Å². The standard InChI is InChI=1S/C21H24N4O3S3/c1-25-8-7-13-16(10-25)31-20-18(13)19(23-21(24-20)29-4)30-11-17(26)22-14-6-5-12(27-2)9-15(14)28-3/h5-6,9H,7-8,10-11H2,1-4H3,(H,22,26). The van der Waals surface area contributed by atoms with E-state index in [1.165, 1.54) is 34.0 Å². The molecule has 4 rings (SSSR count). The lowest BCUT2D eigenvalue weighted by Crippen LogP contribution is -2.25. The van der Waals surface area contributed by atoms with Gasteiger partial charge < -0.3 is 19.7 Å². The van der Waals surface area contributed by atoms with Crippen LogP contribution in [0, 0.1) is 0 Å². The summed E-state index contributed by atoms with van der Waals surface area (Å²) in [6.45, 7) is 1.96. The lowest BCUT2D eigenvalue weighted by molar-refractivity contribution is -0.113. The van der Waals surface area contributed by atoms with Crippen LogP contribution >= 0.6 is 34.9 Å². The lowest BCUT2D eigenvalue weighted by atomic mass is 10.1. The average Bonchev–Trinajstić information content (AvgIpc) is 3.14. The van der Waals surface area contributed by atoms with Crippen molar-refractivity contribution in [2.45, 2.75) is 23.1 Å². The Kier molecular flexibility index (Phi) is 6.90. The molecule has 3 aromatic rings. The molecule has 0 bridgehead atoms. The molecule has 0 spiro atoms. The minimum Gasteiger partial charge on any atom is -0.497 e. The van der Waals surface area contributed by atoms with E-state index < -0.39 is 0 Å². The highest BCUT2D eigenvalue weighted by atomic mass is 32.2. The van der Waals surface area contributed by atoms with E-state index in [9.17, 15) is 4.79 Å². The van der Waals surface area contributed by atoms with Gasteiger partial charge in [-0.2, -0.15) is 0 Å². The second kappa shape index (κ2) is 9.64. The van der Waals surface area contributed by atoms with Gasteiger partial charge in [-0.3, -0.25) is 4.79 Å². The highest BCUT2D eigenvalue weighted by Crippen LogP contribution is 2.39. The van der Waals surface area contributed by atoms with Crippen LogP contribution in [-0.4, -0.2) is 60.6 Å². The van der Waals surface area contributed by atoms with Gasteiger partial charge in [-0.25, -0.2) is 9.97 Å². The molecule has 0 unspecified atom stereocenters. The molecule has 1 amide bonds. The molecule has 1 N–H and O–H groups in total. The zero-order valence-electron chi connectivity index (χ0n) is 17.9. The Morgan fingerprint density at radius 3 is 2.87 bits per heavy atom. The first kappa shape index (κ1) is 22.2. The Hall–Kier alpha value is -2.01. The second-order valence-corrected chi connectivity index (χ2v) is 9.91. The van der Waals surface area contributed by atoms with Gasteiger partial charge in [-0.1, -0.05) is 23.5 Å². The van der Waals surface area contributed by atoms with Gasteiger partial charge in [0.1, 0.15) is 21.4 Å². The Balaban J connectivity index is 1.55. The van der Waals surface area contributed by atoms with E-state index in [0.717, 1.165) is 39.9 Å². The highest BCUT2D eigenvalue weighted by molar-refractivity contribution is 8.00. The normalized spacial score (nSPS) is 13.8. The van der Waals surface area contributed by atoms with Crippen molar-refractivity contribution in [3.63, 3.8) is 0 Å². The van der Waals surface area contributed by atoms with E-state index >= 15 is 0 Å². The number of likely N-dealkylation sites (N-methyl/N-ethyl adjacent to an activating group) is 1. The highest BCUT2D eigenvalue weighted by Gasteiger charge is 2.23. The maximum Gasteiger partial charge on any atom is 0.234 e. The van der Waals surface area contributed by atoms with Crippen molar-refractivity contribution in [2.24, 2.45) is 0 Å². The number of amides is 1. The first-order valence-electron chi connectivity index (χ1n) is 9.72. The molecule has 0 saturated carbocycles. The van der Waals surface area contributed by atoms with Gasteiger partial charge in [0, 0.05) is 29.4 Å². The fourth-order valence-electron chi connectivity index (χ4n) is 3.49. The van der Waals surface area contributed by atoms with Crippen LogP contribution in [0.15, 0.2) is 28.4 Å². The first-order valence-corrected chi connectivity index (χ1v) is 12.7. The summed E-state index contributed by atoms with van der Waals surface area (Å²) in [6.07, 6.45) is 2.95. The largest absolute Gasteiger partial charge is 0.497 e. The monoisotopic (exact) mass is 476 g/mol. The number of benzene rings is 1. The van der Waals surface area contributed by atoms with Gasteiger partial charge in [0.15, 0.2) is 5.16 Å². The number of carbonyl (C=O) groups excluding carboxylic acids is 1. The Labute approximate surface area is 193 Å². The van der Waals surface area contributed by atoms with Crippen LogP contribution in [0.4, 0.5) is 5.69 Å². The van der Waals surface area contributed by atoms with Gasteiger partial charge in [0.25, 0.3) is 0 Å². The summed E-state index contributed by atoms with van der Waals surface area (Å²) >= 11 is 4.72. The fourth-order valence-corrected chi connectivity index (χ4v) is 6.19. The third kappa shape index (κ3) is 4.77. The van der Waals surface area contributed by atoms with E-state index in [-0.39, 0.29) is 11.7 Å². The lowest BCUT2D eigenvalue weighted by Gasteiger charge is -2.22. The summed E-state index contributed by atoms with van der Waals surface area (Å²) in [5.74, 6) is 1.36. The summed E-state index contributed by atoms with van der Waals surface area (Å²) < 4.78 is 10.6. The molecule has 10 heteroatoms. The Morgan fingerprint density at radius 1 is 1.29 bits per heavy atom. The number of nitrogens with one attached hydrogen (secondary N) is 1. The molecule has 0 atom stereocenters. The molecule has 2 aromatic heterocycles. The quantitative estimate of drug-likeness (QED) is 0.310. The van der Waals surface area contributed by atoms with E-state index in [1.807, 2.05) is 6.26 Å². The van der Waals surface area contributed by atoms with Crippen LogP contribution in [0.2, 0.25) is 0 Å². The predicted molar refractivity (Wildman–Crippen MR) is 128 cm³/mol. The maximum atomic E-state index is 12.7. The van der Waals surface area contributed by atoms with Crippen LogP contribution in [0.3, 0.4) is 0 Å².